The van der Waals surface area contributed by atoms with Crippen molar-refractivity contribution >= 4 is 0 Å². The topological polar surface area (TPSA) is 0 Å². The molecule has 0 heteroatoms. The highest BCUT2D eigenvalue weighted by Crippen LogP contribution is 2.57. The normalized spacial score (nSPS) is 29.3. The van der Waals surface area contributed by atoms with E-state index in [1.807, 2.05) is 0 Å². The predicted octanol–water partition coefficient (Wildman–Crippen LogP) is 14.2. The highest BCUT2D eigenvalue weighted by atomic mass is 14.5. The van der Waals surface area contributed by atoms with Crippen LogP contribution in [-0.4, -0.2) is 0 Å². The molecule has 0 radical (unpaired) electrons. The summed E-state index contributed by atoms with van der Waals surface area (Å²) < 4.78 is 0. The van der Waals surface area contributed by atoms with Gasteiger partial charge in [-0.2, -0.15) is 0 Å². The van der Waals surface area contributed by atoms with Crippen molar-refractivity contribution in [3.63, 3.8) is 0 Å². The van der Waals surface area contributed by atoms with Crippen LogP contribution in [0.3, 0.4) is 0 Å². The zero-order valence-corrected chi connectivity index (χ0v) is 32.8. The third-order valence-corrected chi connectivity index (χ3v) is 14.7. The van der Waals surface area contributed by atoms with Crippen LogP contribution in [0.2, 0.25) is 0 Å². The van der Waals surface area contributed by atoms with Crippen molar-refractivity contribution in [2.45, 2.75) is 133 Å². The molecule has 0 saturated carbocycles. The molecule has 8 rings (SSSR count). The molecule has 0 aliphatic heterocycles. The first kappa shape index (κ1) is 34.0. The van der Waals surface area contributed by atoms with Gasteiger partial charge in [-0.05, 0) is 162 Å². The van der Waals surface area contributed by atoms with Crippen molar-refractivity contribution in [1.29, 1.82) is 0 Å². The molecule has 0 heterocycles. The van der Waals surface area contributed by atoms with Crippen LogP contribution in [0.25, 0.3) is 0 Å². The molecule has 3 unspecified atom stereocenters. The van der Waals surface area contributed by atoms with Gasteiger partial charge in [-0.15, -0.1) is 0 Å². The molecular weight excluding hydrogens is 601 g/mol. The van der Waals surface area contributed by atoms with Crippen molar-refractivity contribution in [2.24, 2.45) is 34.0 Å². The second kappa shape index (κ2) is 12.2. The van der Waals surface area contributed by atoms with Gasteiger partial charge in [0.2, 0.25) is 0 Å². The lowest BCUT2D eigenvalue weighted by molar-refractivity contribution is 0.222. The Kier molecular flexibility index (Phi) is 8.32. The first-order chi connectivity index (χ1) is 23.8. The molecule has 0 nitrogen and oxygen atoms in total. The Labute approximate surface area is 304 Å². The summed E-state index contributed by atoms with van der Waals surface area (Å²) in [5.74, 6) is 1.88. The molecule has 0 fully saturated rings. The molecular formula is C50H62. The number of rotatable bonds is 6. The van der Waals surface area contributed by atoms with Crippen LogP contribution >= 0.6 is 0 Å². The Balaban J connectivity index is 1.02. The quantitative estimate of drug-likeness (QED) is 0.248. The summed E-state index contributed by atoms with van der Waals surface area (Å²) in [7, 11) is 0. The molecule has 8 aliphatic rings. The molecule has 0 aromatic carbocycles. The van der Waals surface area contributed by atoms with E-state index < -0.39 is 0 Å². The molecule has 8 aliphatic carbocycles. The van der Waals surface area contributed by atoms with Crippen LogP contribution in [-0.2, 0) is 0 Å². The minimum Gasteiger partial charge on any atom is -0.0839 e. The maximum Gasteiger partial charge on any atom is 0.0207 e. The highest BCUT2D eigenvalue weighted by molar-refractivity contribution is 5.66. The van der Waals surface area contributed by atoms with E-state index in [-0.39, 0.29) is 10.8 Å². The van der Waals surface area contributed by atoms with E-state index in [0.717, 1.165) is 25.2 Å². The van der Waals surface area contributed by atoms with E-state index in [1.54, 1.807) is 72.5 Å². The fourth-order valence-corrected chi connectivity index (χ4v) is 10.9. The van der Waals surface area contributed by atoms with E-state index in [9.17, 15) is 0 Å². The number of hydrogen-bond donors (Lipinski definition) is 0. The van der Waals surface area contributed by atoms with Crippen molar-refractivity contribution in [3.8, 4) is 0 Å². The minimum absolute atomic E-state index is 0.110. The fourth-order valence-electron chi connectivity index (χ4n) is 10.9. The van der Waals surface area contributed by atoms with Gasteiger partial charge in [-0.25, -0.2) is 0 Å². The van der Waals surface area contributed by atoms with Crippen LogP contribution < -0.4 is 0 Å². The largest absolute Gasteiger partial charge is 0.0839 e. The van der Waals surface area contributed by atoms with Crippen LogP contribution in [0.15, 0.2) is 139 Å². The summed E-state index contributed by atoms with van der Waals surface area (Å²) in [6.07, 6.45) is 38.3. The van der Waals surface area contributed by atoms with Crippen molar-refractivity contribution in [1.82, 2.24) is 0 Å². The molecule has 50 heavy (non-hydrogen) atoms. The van der Waals surface area contributed by atoms with Gasteiger partial charge in [0, 0.05) is 16.7 Å². The number of fused-ring (bicyclic) bond motifs is 1. The lowest BCUT2D eigenvalue weighted by Gasteiger charge is -2.39. The third kappa shape index (κ3) is 5.45. The van der Waals surface area contributed by atoms with E-state index in [1.165, 1.54) is 56.9 Å². The Bertz CT molecular complexity index is 1900. The molecule has 0 bridgehead atoms. The summed E-state index contributed by atoms with van der Waals surface area (Å²) in [5.41, 5.74) is 23.4. The Morgan fingerprint density at radius 3 is 2.26 bits per heavy atom. The predicted molar refractivity (Wildman–Crippen MR) is 215 cm³/mol. The lowest BCUT2D eigenvalue weighted by Crippen LogP contribution is -2.26. The molecule has 0 saturated heterocycles. The lowest BCUT2D eigenvalue weighted by atomic mass is 9.66. The number of hydrogen-bond acceptors (Lipinski definition) is 0. The van der Waals surface area contributed by atoms with Crippen LogP contribution in [0.4, 0.5) is 0 Å². The summed E-state index contributed by atoms with van der Waals surface area (Å²) in [6, 6.07) is 0. The summed E-state index contributed by atoms with van der Waals surface area (Å²) in [5, 5.41) is 0. The van der Waals surface area contributed by atoms with Gasteiger partial charge in [0.15, 0.2) is 0 Å². The van der Waals surface area contributed by atoms with Gasteiger partial charge in [-0.3, -0.25) is 0 Å². The number of allylic oxidation sites excluding steroid dienone is 24. The fraction of sp³-hybridized carbons (Fsp3) is 0.520. The van der Waals surface area contributed by atoms with Gasteiger partial charge >= 0.3 is 0 Å². The van der Waals surface area contributed by atoms with Crippen molar-refractivity contribution in [3.05, 3.63) is 139 Å². The van der Waals surface area contributed by atoms with E-state index >= 15 is 0 Å². The third-order valence-electron chi connectivity index (χ3n) is 14.7. The molecule has 0 aromatic heterocycles. The zero-order chi connectivity index (χ0) is 35.2. The SMILES string of the molecule is CC1=C(CCC=C2C=CC3C=CCC4=C3C2=CCC4CC(C)C(C)(C)C)C2=C(C=C(C3=CC4=C(CC3)C3=C(C=CCC3)C4(C)C)CC2)C1(C)C. The molecule has 3 atom stereocenters. The van der Waals surface area contributed by atoms with Gasteiger partial charge in [0.05, 0.1) is 0 Å². The van der Waals surface area contributed by atoms with Gasteiger partial charge in [-0.1, -0.05) is 127 Å². The van der Waals surface area contributed by atoms with E-state index in [0.29, 0.717) is 17.3 Å². The van der Waals surface area contributed by atoms with Gasteiger partial charge < -0.3 is 0 Å². The van der Waals surface area contributed by atoms with Crippen molar-refractivity contribution in [2.75, 3.05) is 0 Å². The minimum atomic E-state index is 0.110. The molecule has 0 aromatic rings. The molecule has 0 spiro atoms. The summed E-state index contributed by atoms with van der Waals surface area (Å²) in [4.78, 5) is 0. The van der Waals surface area contributed by atoms with Gasteiger partial charge in [0.25, 0.3) is 0 Å². The maximum atomic E-state index is 2.65. The highest BCUT2D eigenvalue weighted by Gasteiger charge is 2.42. The smallest absolute Gasteiger partial charge is 0.0207 e. The Hall–Kier alpha value is -3.12. The van der Waals surface area contributed by atoms with Gasteiger partial charge in [0.1, 0.15) is 0 Å². The second-order valence-electron chi connectivity index (χ2n) is 19.0. The molecule has 0 amide bonds. The average molecular weight is 663 g/mol. The first-order valence-electron chi connectivity index (χ1n) is 20.3. The van der Waals surface area contributed by atoms with E-state index in [4.69, 9.17) is 0 Å². The Morgan fingerprint density at radius 1 is 0.820 bits per heavy atom. The van der Waals surface area contributed by atoms with Crippen LogP contribution in [0.5, 0.6) is 0 Å². The molecule has 0 N–H and O–H groups in total. The van der Waals surface area contributed by atoms with Crippen molar-refractivity contribution < 1.29 is 0 Å². The van der Waals surface area contributed by atoms with Crippen LogP contribution in [0, 0.1) is 34.0 Å². The maximum absolute atomic E-state index is 2.65. The molecule has 262 valence electrons. The standard InChI is InChI=1S/C50H62/c1-31(48(3,4)5)28-37-24-25-40-33(20-21-34-15-13-18-39(37)47(34)40)14-12-17-38-32(2)49(6,7)45-29-35(22-26-42(38)45)36-23-27-43-41-16-10-11-19-44(41)50(8,9)46(43)30-36/h11,13-15,19-21,25,29-31,34,37H,10,12,16-18,22-24,26-28H2,1-9H3. The summed E-state index contributed by atoms with van der Waals surface area (Å²) >= 11 is 0. The monoisotopic (exact) mass is 662 g/mol. The zero-order valence-electron chi connectivity index (χ0n) is 32.8. The van der Waals surface area contributed by atoms with Crippen LogP contribution in [0.1, 0.15) is 133 Å². The average Bonchev–Trinajstić information content (AvgIpc) is 3.44. The summed E-state index contributed by atoms with van der Waals surface area (Å²) in [6.45, 7) is 22.0. The first-order valence-corrected chi connectivity index (χ1v) is 20.3. The Morgan fingerprint density at radius 2 is 1.52 bits per heavy atom. The van der Waals surface area contributed by atoms with E-state index in [2.05, 4.69) is 123 Å². The second-order valence-corrected chi connectivity index (χ2v) is 19.0.